The van der Waals surface area contributed by atoms with Crippen LogP contribution < -0.4 is 11.5 Å². The standard InChI is InChI=1S/C7H16N4O2/c1-11(7(9)10)4-2-3-5(8)6(12)13/h5H,2-4,8H2,1H3,(H3,9,10)(H,12,13)/t5-/m1/s1. The van der Waals surface area contributed by atoms with E-state index >= 15 is 0 Å². The van der Waals surface area contributed by atoms with E-state index in [9.17, 15) is 4.79 Å². The molecule has 13 heavy (non-hydrogen) atoms. The molecule has 0 bridgehead atoms. The number of carboxylic acids is 1. The summed E-state index contributed by atoms with van der Waals surface area (Å²) >= 11 is 0. The van der Waals surface area contributed by atoms with E-state index < -0.39 is 12.0 Å². The van der Waals surface area contributed by atoms with Crippen molar-refractivity contribution in [3.8, 4) is 0 Å². The predicted octanol–water partition coefficient (Wildman–Crippen LogP) is -0.996. The van der Waals surface area contributed by atoms with Crippen LogP contribution in [0.3, 0.4) is 0 Å². The molecule has 0 heterocycles. The molecule has 6 heteroatoms. The van der Waals surface area contributed by atoms with Gasteiger partial charge in [0.2, 0.25) is 0 Å². The number of guanidine groups is 1. The van der Waals surface area contributed by atoms with Crippen molar-refractivity contribution in [2.75, 3.05) is 13.6 Å². The van der Waals surface area contributed by atoms with Gasteiger partial charge in [-0.25, -0.2) is 0 Å². The molecule has 0 fully saturated rings. The number of rotatable bonds is 5. The van der Waals surface area contributed by atoms with E-state index in [4.69, 9.17) is 22.0 Å². The number of carbonyl (C=O) groups is 1. The SMILES string of the molecule is CN(CCC[C@@H](N)C(=O)O)C(=N)N. The highest BCUT2D eigenvalue weighted by Crippen LogP contribution is 1.96. The maximum atomic E-state index is 10.3. The summed E-state index contributed by atoms with van der Waals surface area (Å²) in [6.07, 6.45) is 1.01. The largest absolute Gasteiger partial charge is 0.480 e. The Kier molecular flexibility index (Phi) is 4.83. The number of aliphatic carboxylic acids is 1. The lowest BCUT2D eigenvalue weighted by molar-refractivity contribution is -0.138. The molecule has 6 nitrogen and oxygen atoms in total. The number of hydrogen-bond donors (Lipinski definition) is 4. The first-order valence-electron chi connectivity index (χ1n) is 3.98. The smallest absolute Gasteiger partial charge is 0.320 e. The van der Waals surface area contributed by atoms with Gasteiger partial charge in [-0.05, 0) is 12.8 Å². The summed E-state index contributed by atoms with van der Waals surface area (Å²) in [6.45, 7) is 0.552. The van der Waals surface area contributed by atoms with E-state index in [1.54, 1.807) is 7.05 Å². The van der Waals surface area contributed by atoms with Gasteiger partial charge in [-0.15, -0.1) is 0 Å². The van der Waals surface area contributed by atoms with Crippen LogP contribution in [0.4, 0.5) is 0 Å². The molecule has 0 unspecified atom stereocenters. The lowest BCUT2D eigenvalue weighted by atomic mass is 10.1. The molecule has 0 aliphatic carbocycles. The second kappa shape index (κ2) is 5.36. The number of hydrogen-bond acceptors (Lipinski definition) is 3. The fourth-order valence-electron chi connectivity index (χ4n) is 0.792. The first-order chi connectivity index (χ1) is 5.95. The van der Waals surface area contributed by atoms with E-state index in [0.29, 0.717) is 19.4 Å². The average molecular weight is 188 g/mol. The Bertz CT molecular complexity index is 175. The zero-order chi connectivity index (χ0) is 10.4. The second-order valence-electron chi connectivity index (χ2n) is 2.89. The summed E-state index contributed by atoms with van der Waals surface area (Å²) in [7, 11) is 1.68. The molecule has 0 saturated heterocycles. The van der Waals surface area contributed by atoms with Crippen LogP contribution in [-0.2, 0) is 4.79 Å². The maximum absolute atomic E-state index is 10.3. The Morgan fingerprint density at radius 3 is 2.62 bits per heavy atom. The van der Waals surface area contributed by atoms with Gasteiger partial charge in [0.1, 0.15) is 6.04 Å². The van der Waals surface area contributed by atoms with Gasteiger partial charge in [-0.1, -0.05) is 0 Å². The molecule has 0 aromatic carbocycles. The first kappa shape index (κ1) is 11.7. The van der Waals surface area contributed by atoms with Gasteiger partial charge in [0.25, 0.3) is 0 Å². The molecular formula is C7H16N4O2. The van der Waals surface area contributed by atoms with Crippen LogP contribution in [0, 0.1) is 5.41 Å². The summed E-state index contributed by atoms with van der Waals surface area (Å²) in [6, 6.07) is -0.819. The predicted molar refractivity (Wildman–Crippen MR) is 49.4 cm³/mol. The first-order valence-corrected chi connectivity index (χ1v) is 3.98. The fourth-order valence-corrected chi connectivity index (χ4v) is 0.792. The molecule has 0 spiro atoms. The lowest BCUT2D eigenvalue weighted by Gasteiger charge is -2.16. The van der Waals surface area contributed by atoms with Crippen molar-refractivity contribution < 1.29 is 9.90 Å². The lowest BCUT2D eigenvalue weighted by Crippen LogP contribution is -2.35. The molecule has 0 radical (unpaired) electrons. The van der Waals surface area contributed by atoms with Gasteiger partial charge < -0.3 is 21.5 Å². The monoisotopic (exact) mass is 188 g/mol. The molecule has 0 aromatic rings. The normalized spacial score (nSPS) is 12.2. The molecule has 0 aliphatic heterocycles. The van der Waals surface area contributed by atoms with E-state index in [-0.39, 0.29) is 5.96 Å². The Balaban J connectivity index is 3.56. The Labute approximate surface area is 77.0 Å². The molecule has 0 aliphatic rings. The molecule has 0 saturated carbocycles. The third kappa shape index (κ3) is 5.02. The van der Waals surface area contributed by atoms with Crippen molar-refractivity contribution in [1.29, 1.82) is 5.41 Å². The van der Waals surface area contributed by atoms with Crippen molar-refractivity contribution in [2.45, 2.75) is 18.9 Å². The summed E-state index contributed by atoms with van der Waals surface area (Å²) in [4.78, 5) is 11.8. The molecule has 6 N–H and O–H groups in total. The van der Waals surface area contributed by atoms with Crippen molar-refractivity contribution in [2.24, 2.45) is 11.5 Å². The zero-order valence-corrected chi connectivity index (χ0v) is 7.66. The summed E-state index contributed by atoms with van der Waals surface area (Å²) in [5, 5.41) is 15.5. The number of nitrogens with one attached hydrogen (secondary N) is 1. The maximum Gasteiger partial charge on any atom is 0.320 e. The van der Waals surface area contributed by atoms with Crippen LogP contribution in [0.25, 0.3) is 0 Å². The topological polar surface area (TPSA) is 116 Å². The van der Waals surface area contributed by atoms with Crippen LogP contribution in [0.2, 0.25) is 0 Å². The van der Waals surface area contributed by atoms with Crippen molar-refractivity contribution in [3.63, 3.8) is 0 Å². The molecular weight excluding hydrogens is 172 g/mol. The zero-order valence-electron chi connectivity index (χ0n) is 7.66. The Hall–Kier alpha value is -1.30. The highest BCUT2D eigenvalue weighted by Gasteiger charge is 2.10. The highest BCUT2D eigenvalue weighted by molar-refractivity contribution is 5.74. The van der Waals surface area contributed by atoms with Crippen molar-refractivity contribution in [1.82, 2.24) is 4.90 Å². The van der Waals surface area contributed by atoms with Crippen molar-refractivity contribution in [3.05, 3.63) is 0 Å². The quantitative estimate of drug-likeness (QED) is 0.326. The summed E-state index contributed by atoms with van der Waals surface area (Å²) in [5.41, 5.74) is 10.5. The van der Waals surface area contributed by atoms with Gasteiger partial charge in [0.05, 0.1) is 0 Å². The minimum atomic E-state index is -0.995. The van der Waals surface area contributed by atoms with E-state index in [0.717, 1.165) is 0 Å². The number of nitrogens with zero attached hydrogens (tertiary/aromatic N) is 1. The van der Waals surface area contributed by atoms with Crippen LogP contribution in [0.1, 0.15) is 12.8 Å². The van der Waals surface area contributed by atoms with E-state index in [1.165, 1.54) is 4.90 Å². The second-order valence-corrected chi connectivity index (χ2v) is 2.89. The third-order valence-electron chi connectivity index (χ3n) is 1.74. The fraction of sp³-hybridized carbons (Fsp3) is 0.714. The molecule has 0 aromatic heterocycles. The average Bonchev–Trinajstić information content (AvgIpc) is 2.03. The Morgan fingerprint density at radius 1 is 1.69 bits per heavy atom. The van der Waals surface area contributed by atoms with Crippen LogP contribution >= 0.6 is 0 Å². The minimum Gasteiger partial charge on any atom is -0.480 e. The molecule has 76 valence electrons. The molecule has 0 amide bonds. The van der Waals surface area contributed by atoms with Crippen molar-refractivity contribution >= 4 is 11.9 Å². The summed E-state index contributed by atoms with van der Waals surface area (Å²) in [5.74, 6) is -1.02. The molecule has 0 rings (SSSR count). The van der Waals surface area contributed by atoms with E-state index in [1.807, 2.05) is 0 Å². The van der Waals surface area contributed by atoms with Gasteiger partial charge in [0, 0.05) is 13.6 Å². The van der Waals surface area contributed by atoms with Crippen LogP contribution in [-0.4, -0.2) is 41.6 Å². The molecule has 1 atom stereocenters. The third-order valence-corrected chi connectivity index (χ3v) is 1.74. The van der Waals surface area contributed by atoms with E-state index in [2.05, 4.69) is 0 Å². The Morgan fingerprint density at radius 2 is 2.23 bits per heavy atom. The summed E-state index contributed by atoms with van der Waals surface area (Å²) < 4.78 is 0. The van der Waals surface area contributed by atoms with Crippen LogP contribution in [0.15, 0.2) is 0 Å². The van der Waals surface area contributed by atoms with Gasteiger partial charge in [0.15, 0.2) is 5.96 Å². The van der Waals surface area contributed by atoms with Gasteiger partial charge in [-0.2, -0.15) is 0 Å². The van der Waals surface area contributed by atoms with Gasteiger partial charge in [-0.3, -0.25) is 10.2 Å². The minimum absolute atomic E-state index is 0.0242. The number of nitrogens with two attached hydrogens (primary N) is 2. The number of carboxylic acid groups (broad SMARTS) is 1. The van der Waals surface area contributed by atoms with Crippen LogP contribution in [0.5, 0.6) is 0 Å². The van der Waals surface area contributed by atoms with Gasteiger partial charge >= 0.3 is 5.97 Å². The highest BCUT2D eigenvalue weighted by atomic mass is 16.4.